The van der Waals surface area contributed by atoms with Crippen molar-refractivity contribution in [1.29, 1.82) is 0 Å². The molecule has 10 heteroatoms. The molecule has 2 saturated carbocycles. The first kappa shape index (κ1) is 30.6. The lowest BCUT2D eigenvalue weighted by Crippen LogP contribution is -2.70. The van der Waals surface area contributed by atoms with Gasteiger partial charge in [-0.25, -0.2) is 22.8 Å². The van der Waals surface area contributed by atoms with E-state index in [0.29, 0.717) is 12.8 Å². The average Bonchev–Trinajstić information content (AvgIpc) is 3.09. The van der Waals surface area contributed by atoms with Crippen molar-refractivity contribution in [3.05, 3.63) is 23.6 Å². The molecule has 0 radical (unpaired) electrons. The lowest BCUT2D eigenvalue weighted by molar-refractivity contribution is -0.230. The molecule has 7 nitrogen and oxygen atoms in total. The summed E-state index contributed by atoms with van der Waals surface area (Å²) in [6.07, 6.45) is 1.03. The average molecular weight is 571 g/mol. The Kier molecular flexibility index (Phi) is 8.26. The maximum atomic E-state index is 17.4. The Labute approximate surface area is 233 Å². The van der Waals surface area contributed by atoms with E-state index in [-0.39, 0.29) is 37.0 Å². The summed E-state index contributed by atoms with van der Waals surface area (Å²) in [5.41, 5.74) is -7.48. The highest BCUT2D eigenvalue weighted by Gasteiger charge is 2.78. The Morgan fingerprint density at radius 1 is 1.18 bits per heavy atom. The molecule has 4 rings (SSSR count). The summed E-state index contributed by atoms with van der Waals surface area (Å²) in [6.45, 7) is 7.11. The summed E-state index contributed by atoms with van der Waals surface area (Å²) in [7, 11) is 0. The second kappa shape index (κ2) is 10.8. The number of carbonyl (C=O) groups is 3. The number of carbonyl (C=O) groups excluding carboxylic acids is 3. The SMILES string of the molecule is CCCC(CCC)OC(=O)O[C@]1(C(=O)OCF)[C@H](C)C[C@H]2[C@@H]3CC(F)=C4CC(=O)C=C[C@]4(C)[C@@]3(F)[C@@H](O)C[C@@]21C. The van der Waals surface area contributed by atoms with Crippen molar-refractivity contribution in [2.45, 2.75) is 109 Å². The molecule has 0 amide bonds. The maximum Gasteiger partial charge on any atom is 0.509 e. The number of esters is 1. The van der Waals surface area contributed by atoms with E-state index < -0.39 is 76.9 Å². The smallest absolute Gasteiger partial charge is 0.431 e. The lowest BCUT2D eigenvalue weighted by atomic mass is 9.45. The van der Waals surface area contributed by atoms with E-state index in [1.807, 2.05) is 13.8 Å². The van der Waals surface area contributed by atoms with Gasteiger partial charge < -0.3 is 19.3 Å². The Balaban J connectivity index is 1.79. The van der Waals surface area contributed by atoms with Gasteiger partial charge in [0.25, 0.3) is 0 Å². The number of allylic oxidation sites excluding steroid dienone is 4. The van der Waals surface area contributed by atoms with E-state index >= 15 is 8.78 Å². The van der Waals surface area contributed by atoms with Crippen LogP contribution in [0.4, 0.5) is 18.0 Å². The van der Waals surface area contributed by atoms with Gasteiger partial charge in [-0.2, -0.15) is 0 Å². The zero-order chi connectivity index (χ0) is 29.7. The van der Waals surface area contributed by atoms with Crippen molar-refractivity contribution in [2.75, 3.05) is 6.86 Å². The van der Waals surface area contributed by atoms with Gasteiger partial charge in [-0.3, -0.25) is 4.79 Å². The molecule has 0 spiro atoms. The fourth-order valence-electron chi connectivity index (χ4n) is 8.55. The Bertz CT molecular complexity index is 1100. The van der Waals surface area contributed by atoms with Gasteiger partial charge in [-0.15, -0.1) is 0 Å². The third-order valence-electron chi connectivity index (χ3n) is 10.4. The van der Waals surface area contributed by atoms with Crippen LogP contribution in [0.3, 0.4) is 0 Å². The number of halogens is 3. The van der Waals surface area contributed by atoms with Crippen molar-refractivity contribution in [3.8, 4) is 0 Å². The van der Waals surface area contributed by atoms with E-state index in [1.165, 1.54) is 19.1 Å². The van der Waals surface area contributed by atoms with Crippen molar-refractivity contribution in [2.24, 2.45) is 28.6 Å². The van der Waals surface area contributed by atoms with Crippen LogP contribution in [0.1, 0.15) is 86.0 Å². The van der Waals surface area contributed by atoms with Crippen LogP contribution in [0.25, 0.3) is 0 Å². The van der Waals surface area contributed by atoms with Crippen molar-refractivity contribution in [1.82, 2.24) is 0 Å². The second-order valence-corrected chi connectivity index (χ2v) is 12.5. The van der Waals surface area contributed by atoms with Gasteiger partial charge in [0.1, 0.15) is 11.9 Å². The molecular weight excluding hydrogens is 529 g/mol. The normalized spacial score (nSPS) is 40.4. The van der Waals surface area contributed by atoms with Crippen LogP contribution in [0.15, 0.2) is 23.6 Å². The van der Waals surface area contributed by atoms with Gasteiger partial charge in [0.05, 0.1) is 6.10 Å². The van der Waals surface area contributed by atoms with Crippen LogP contribution in [0.2, 0.25) is 0 Å². The number of ether oxygens (including phenoxy) is 3. The molecule has 2 fully saturated rings. The topological polar surface area (TPSA) is 99.1 Å². The van der Waals surface area contributed by atoms with Crippen LogP contribution < -0.4 is 0 Å². The molecule has 0 aromatic heterocycles. The fourth-order valence-corrected chi connectivity index (χ4v) is 8.55. The van der Waals surface area contributed by atoms with Crippen molar-refractivity contribution < 1.29 is 46.9 Å². The minimum Gasteiger partial charge on any atom is -0.431 e. The predicted octanol–water partition coefficient (Wildman–Crippen LogP) is 6.23. The third kappa shape index (κ3) is 4.22. The molecule has 40 heavy (non-hydrogen) atoms. The van der Waals surface area contributed by atoms with Crippen LogP contribution in [-0.4, -0.2) is 53.4 Å². The number of aliphatic hydroxyl groups is 1. The molecule has 0 saturated heterocycles. The molecule has 8 atom stereocenters. The standard InChI is InChI=1S/C30H41F3O7/c1-6-8-19(9-7-2)39-26(37)40-30(25(36)38-16-31)17(3)12-20-21-14-23(32)22-13-18(34)10-11-27(22,4)29(21,33)24(35)15-28(20,30)5/h10-11,17,19-21,24,35H,6-9,12-16H2,1-5H3/t17-,20+,21+,24+,27+,28+,29+,30+/m1/s1. The minimum absolute atomic E-state index is 0.0215. The van der Waals surface area contributed by atoms with Gasteiger partial charge in [0.15, 0.2) is 11.5 Å². The zero-order valence-corrected chi connectivity index (χ0v) is 23.9. The molecule has 0 aromatic rings. The largest absolute Gasteiger partial charge is 0.509 e. The van der Waals surface area contributed by atoms with Crippen LogP contribution >= 0.6 is 0 Å². The highest BCUT2D eigenvalue weighted by atomic mass is 19.1. The highest BCUT2D eigenvalue weighted by molar-refractivity contribution is 5.93. The van der Waals surface area contributed by atoms with Gasteiger partial charge in [-0.05, 0) is 50.2 Å². The molecule has 0 bridgehead atoms. The predicted molar refractivity (Wildman–Crippen MR) is 139 cm³/mol. The maximum absolute atomic E-state index is 17.4. The van der Waals surface area contributed by atoms with Crippen LogP contribution in [-0.2, 0) is 23.8 Å². The van der Waals surface area contributed by atoms with Crippen molar-refractivity contribution >= 4 is 17.9 Å². The number of fused-ring (bicyclic) bond motifs is 5. The van der Waals surface area contributed by atoms with Gasteiger partial charge in [0.2, 0.25) is 12.5 Å². The number of rotatable bonds is 8. The van der Waals surface area contributed by atoms with E-state index in [2.05, 4.69) is 0 Å². The van der Waals surface area contributed by atoms with E-state index in [4.69, 9.17) is 14.2 Å². The summed E-state index contributed by atoms with van der Waals surface area (Å²) in [5, 5.41) is 11.5. The summed E-state index contributed by atoms with van der Waals surface area (Å²) >= 11 is 0. The molecule has 1 N–H and O–H groups in total. The second-order valence-electron chi connectivity index (χ2n) is 12.5. The molecule has 0 aliphatic heterocycles. The molecule has 4 aliphatic carbocycles. The lowest BCUT2D eigenvalue weighted by Gasteiger charge is -2.62. The fraction of sp³-hybridized carbons (Fsp3) is 0.767. The highest BCUT2D eigenvalue weighted by Crippen LogP contribution is 2.71. The van der Waals surface area contributed by atoms with E-state index in [9.17, 15) is 23.9 Å². The number of ketones is 1. The molecule has 0 aromatic carbocycles. The van der Waals surface area contributed by atoms with Gasteiger partial charge >= 0.3 is 12.1 Å². The summed E-state index contributed by atoms with van der Waals surface area (Å²) < 4.78 is 62.7. The molecule has 0 heterocycles. The quantitative estimate of drug-likeness (QED) is 0.345. The first-order valence-corrected chi connectivity index (χ1v) is 14.4. The van der Waals surface area contributed by atoms with E-state index in [1.54, 1.807) is 13.8 Å². The molecule has 0 unspecified atom stereocenters. The zero-order valence-electron chi connectivity index (χ0n) is 23.9. The Morgan fingerprint density at radius 2 is 1.82 bits per heavy atom. The summed E-state index contributed by atoms with van der Waals surface area (Å²) in [6, 6.07) is 0. The van der Waals surface area contributed by atoms with Gasteiger partial charge in [0, 0.05) is 35.5 Å². The molecular formula is C30H41F3O7. The Hall–Kier alpha value is -2.36. The first-order valence-electron chi connectivity index (χ1n) is 14.4. The van der Waals surface area contributed by atoms with E-state index in [0.717, 1.165) is 12.8 Å². The first-order chi connectivity index (χ1) is 18.8. The Morgan fingerprint density at radius 3 is 2.42 bits per heavy atom. The molecule has 4 aliphatic rings. The molecule has 224 valence electrons. The number of hydrogen-bond acceptors (Lipinski definition) is 7. The number of alkyl halides is 2. The number of hydrogen-bond donors (Lipinski definition) is 1. The van der Waals surface area contributed by atoms with Gasteiger partial charge in [-0.1, -0.05) is 46.6 Å². The van der Waals surface area contributed by atoms with Crippen LogP contribution in [0.5, 0.6) is 0 Å². The third-order valence-corrected chi connectivity index (χ3v) is 10.4. The van der Waals surface area contributed by atoms with Crippen molar-refractivity contribution in [3.63, 3.8) is 0 Å². The number of aliphatic hydroxyl groups excluding tert-OH is 1. The minimum atomic E-state index is -2.37. The summed E-state index contributed by atoms with van der Waals surface area (Å²) in [4.78, 5) is 38.8. The summed E-state index contributed by atoms with van der Waals surface area (Å²) in [5.74, 6) is -4.78. The monoisotopic (exact) mass is 570 g/mol. The van der Waals surface area contributed by atoms with Crippen LogP contribution in [0, 0.1) is 28.6 Å².